The Balaban J connectivity index is 2.44. The smallest absolute Gasteiger partial charge is 0.310 e. The van der Waals surface area contributed by atoms with E-state index in [1.807, 2.05) is 0 Å². The number of nitrogens with zero attached hydrogens (tertiary/aromatic N) is 1. The van der Waals surface area contributed by atoms with Gasteiger partial charge in [0.05, 0.1) is 11.5 Å². The summed E-state index contributed by atoms with van der Waals surface area (Å²) in [6.07, 6.45) is 0. The number of aliphatic hydroxyl groups excluding tert-OH is 1. The zero-order valence-corrected chi connectivity index (χ0v) is 8.76. The van der Waals surface area contributed by atoms with Crippen molar-refractivity contribution in [3.05, 3.63) is 34.4 Å². The topological polar surface area (TPSA) is 84.6 Å². The number of aliphatic hydroxyl groups is 1. The van der Waals surface area contributed by atoms with Gasteiger partial charge in [0.25, 0.3) is 0 Å². The van der Waals surface area contributed by atoms with Crippen LogP contribution in [0.3, 0.4) is 0 Å². The Morgan fingerprint density at radius 2 is 2.12 bits per heavy atom. The molecule has 6 heteroatoms. The van der Waals surface area contributed by atoms with Crippen molar-refractivity contribution in [3.63, 3.8) is 0 Å². The van der Waals surface area contributed by atoms with E-state index >= 15 is 0 Å². The van der Waals surface area contributed by atoms with Gasteiger partial charge in [-0.25, -0.2) is 0 Å². The summed E-state index contributed by atoms with van der Waals surface area (Å²) >= 11 is 0. The Morgan fingerprint density at radius 1 is 1.38 bits per heavy atom. The summed E-state index contributed by atoms with van der Waals surface area (Å²) in [6.45, 7) is 1.41. The number of hydrogen-bond donors (Lipinski definition) is 2. The minimum Gasteiger partial charge on any atom is -0.485 e. The van der Waals surface area contributed by atoms with Crippen LogP contribution in [0.2, 0.25) is 0 Å². The molecule has 0 aliphatic carbocycles. The highest BCUT2D eigenvalue weighted by molar-refractivity contribution is 5.45. The van der Waals surface area contributed by atoms with Crippen LogP contribution >= 0.6 is 0 Å². The van der Waals surface area contributed by atoms with E-state index in [4.69, 9.17) is 9.84 Å². The van der Waals surface area contributed by atoms with E-state index in [-0.39, 0.29) is 18.0 Å². The normalized spacial score (nSPS) is 10.1. The van der Waals surface area contributed by atoms with Crippen LogP contribution in [0.1, 0.15) is 0 Å². The molecule has 0 atom stereocenters. The molecule has 1 rings (SSSR count). The highest BCUT2D eigenvalue weighted by Gasteiger charge is 2.12. The molecule has 0 radical (unpaired) electrons. The zero-order valence-electron chi connectivity index (χ0n) is 8.76. The summed E-state index contributed by atoms with van der Waals surface area (Å²) in [4.78, 5) is 10.2. The SMILES string of the molecule is O=[N+]([O-])c1ccccc1OCCNCCO. The lowest BCUT2D eigenvalue weighted by Crippen LogP contribution is -2.24. The van der Waals surface area contributed by atoms with Gasteiger partial charge >= 0.3 is 5.69 Å². The zero-order chi connectivity index (χ0) is 11.8. The average Bonchev–Trinajstić information content (AvgIpc) is 2.29. The summed E-state index contributed by atoms with van der Waals surface area (Å²) in [6, 6.07) is 6.24. The van der Waals surface area contributed by atoms with E-state index in [0.29, 0.717) is 19.7 Å². The Labute approximate surface area is 93.0 Å². The molecular formula is C10H14N2O4. The number of para-hydroxylation sites is 2. The van der Waals surface area contributed by atoms with Gasteiger partial charge in [-0.05, 0) is 6.07 Å². The van der Waals surface area contributed by atoms with E-state index in [1.54, 1.807) is 18.2 Å². The molecule has 0 spiro atoms. The summed E-state index contributed by atoms with van der Waals surface area (Å²) in [5.74, 6) is 0.262. The second-order valence-corrected chi connectivity index (χ2v) is 3.05. The van der Waals surface area contributed by atoms with Crippen LogP contribution < -0.4 is 10.1 Å². The Bertz CT molecular complexity index is 343. The first-order chi connectivity index (χ1) is 7.75. The second-order valence-electron chi connectivity index (χ2n) is 3.05. The number of hydrogen-bond acceptors (Lipinski definition) is 5. The van der Waals surface area contributed by atoms with Crippen LogP contribution in [0.5, 0.6) is 5.75 Å². The van der Waals surface area contributed by atoms with Crippen LogP contribution in [0.25, 0.3) is 0 Å². The van der Waals surface area contributed by atoms with Gasteiger partial charge in [-0.2, -0.15) is 0 Å². The fraction of sp³-hybridized carbons (Fsp3) is 0.400. The maximum Gasteiger partial charge on any atom is 0.310 e. The van der Waals surface area contributed by atoms with E-state index in [9.17, 15) is 10.1 Å². The Kier molecular flexibility index (Phi) is 5.24. The van der Waals surface area contributed by atoms with Gasteiger partial charge in [0.2, 0.25) is 0 Å². The van der Waals surface area contributed by atoms with Gasteiger partial charge in [0.1, 0.15) is 6.61 Å². The molecule has 2 N–H and O–H groups in total. The number of benzene rings is 1. The molecule has 6 nitrogen and oxygen atoms in total. The monoisotopic (exact) mass is 226 g/mol. The van der Waals surface area contributed by atoms with Crippen molar-refractivity contribution in [2.24, 2.45) is 0 Å². The Hall–Kier alpha value is -1.66. The number of nitro benzene ring substituents is 1. The molecule has 0 unspecified atom stereocenters. The second kappa shape index (κ2) is 6.76. The lowest BCUT2D eigenvalue weighted by atomic mass is 10.3. The molecule has 0 aromatic heterocycles. The van der Waals surface area contributed by atoms with Crippen molar-refractivity contribution in [2.45, 2.75) is 0 Å². The molecule has 0 fully saturated rings. The summed E-state index contributed by atoms with van der Waals surface area (Å²) in [5.41, 5.74) is -0.0374. The number of nitro groups is 1. The van der Waals surface area contributed by atoms with Crippen molar-refractivity contribution in [1.29, 1.82) is 0 Å². The molecular weight excluding hydrogens is 212 g/mol. The number of rotatable bonds is 7. The molecule has 1 aromatic carbocycles. The van der Waals surface area contributed by atoms with Crippen molar-refractivity contribution < 1.29 is 14.8 Å². The highest BCUT2D eigenvalue weighted by atomic mass is 16.6. The van der Waals surface area contributed by atoms with Crippen LogP contribution in [-0.4, -0.2) is 36.3 Å². The fourth-order valence-electron chi connectivity index (χ4n) is 1.17. The van der Waals surface area contributed by atoms with E-state index in [1.165, 1.54) is 6.07 Å². The van der Waals surface area contributed by atoms with Crippen molar-refractivity contribution in [3.8, 4) is 5.75 Å². The van der Waals surface area contributed by atoms with E-state index < -0.39 is 4.92 Å². The molecule has 0 heterocycles. The molecule has 16 heavy (non-hydrogen) atoms. The molecule has 0 amide bonds. The van der Waals surface area contributed by atoms with Crippen LogP contribution in [0, 0.1) is 10.1 Å². The maximum atomic E-state index is 10.6. The lowest BCUT2D eigenvalue weighted by Gasteiger charge is -2.06. The fourth-order valence-corrected chi connectivity index (χ4v) is 1.17. The molecule has 88 valence electrons. The molecule has 0 aliphatic heterocycles. The third kappa shape index (κ3) is 3.84. The van der Waals surface area contributed by atoms with Gasteiger partial charge in [-0.15, -0.1) is 0 Å². The van der Waals surface area contributed by atoms with Crippen molar-refractivity contribution >= 4 is 5.69 Å². The van der Waals surface area contributed by atoms with Gasteiger partial charge < -0.3 is 15.2 Å². The number of ether oxygens (including phenoxy) is 1. The minimum absolute atomic E-state index is 0.0374. The van der Waals surface area contributed by atoms with Gasteiger partial charge in [0, 0.05) is 19.2 Å². The summed E-state index contributed by atoms with van der Waals surface area (Å²) in [5, 5.41) is 22.0. The summed E-state index contributed by atoms with van der Waals surface area (Å²) < 4.78 is 5.26. The largest absolute Gasteiger partial charge is 0.485 e. The summed E-state index contributed by atoms with van der Waals surface area (Å²) in [7, 11) is 0. The van der Waals surface area contributed by atoms with Crippen LogP contribution in [-0.2, 0) is 0 Å². The van der Waals surface area contributed by atoms with Crippen LogP contribution in [0.15, 0.2) is 24.3 Å². The predicted octanol–water partition coefficient (Wildman–Crippen LogP) is 0.555. The first-order valence-corrected chi connectivity index (χ1v) is 4.93. The first-order valence-electron chi connectivity index (χ1n) is 4.93. The minimum atomic E-state index is -0.476. The standard InChI is InChI=1S/C10H14N2O4/c13-7-5-11-6-8-16-10-4-2-1-3-9(10)12(14)15/h1-4,11,13H,5-8H2. The lowest BCUT2D eigenvalue weighted by molar-refractivity contribution is -0.385. The first kappa shape index (κ1) is 12.4. The third-order valence-corrected chi connectivity index (χ3v) is 1.89. The average molecular weight is 226 g/mol. The third-order valence-electron chi connectivity index (χ3n) is 1.89. The van der Waals surface area contributed by atoms with Gasteiger partial charge in [-0.1, -0.05) is 12.1 Å². The quantitative estimate of drug-likeness (QED) is 0.403. The Morgan fingerprint density at radius 3 is 2.81 bits per heavy atom. The van der Waals surface area contributed by atoms with Gasteiger partial charge in [0.15, 0.2) is 5.75 Å². The van der Waals surface area contributed by atoms with Gasteiger partial charge in [-0.3, -0.25) is 10.1 Å². The highest BCUT2D eigenvalue weighted by Crippen LogP contribution is 2.25. The predicted molar refractivity (Wildman–Crippen MR) is 58.5 cm³/mol. The van der Waals surface area contributed by atoms with E-state index in [0.717, 1.165) is 0 Å². The molecule has 0 bridgehead atoms. The van der Waals surface area contributed by atoms with Crippen LogP contribution in [0.4, 0.5) is 5.69 Å². The number of nitrogens with one attached hydrogen (secondary N) is 1. The molecule has 0 saturated heterocycles. The van der Waals surface area contributed by atoms with Crippen molar-refractivity contribution in [2.75, 3.05) is 26.3 Å². The molecule has 1 aromatic rings. The van der Waals surface area contributed by atoms with Crippen molar-refractivity contribution in [1.82, 2.24) is 5.32 Å². The van der Waals surface area contributed by atoms with E-state index in [2.05, 4.69) is 5.32 Å². The molecule has 0 aliphatic rings. The maximum absolute atomic E-state index is 10.6. The molecule has 0 saturated carbocycles.